The molecule has 5 N–H and O–H groups in total. The Morgan fingerprint density at radius 1 is 1.19 bits per heavy atom. The number of nitrogens with two attached hydrogens (primary N) is 2. The van der Waals surface area contributed by atoms with Crippen LogP contribution in [0, 0.1) is 10.1 Å². The van der Waals surface area contributed by atoms with E-state index in [2.05, 4.69) is 5.43 Å². The Hall–Kier alpha value is -3.13. The van der Waals surface area contributed by atoms with Gasteiger partial charge in [-0.15, -0.1) is 0 Å². The summed E-state index contributed by atoms with van der Waals surface area (Å²) in [6.45, 7) is 0. The van der Waals surface area contributed by atoms with Crippen LogP contribution in [0.2, 0.25) is 0 Å². The summed E-state index contributed by atoms with van der Waals surface area (Å²) in [5, 5.41) is 11.1. The number of ether oxygens (including phenoxy) is 1. The second-order valence-corrected chi connectivity index (χ2v) is 4.04. The van der Waals surface area contributed by atoms with E-state index in [-0.39, 0.29) is 17.1 Å². The second kappa shape index (κ2) is 5.88. The number of nitrogens with one attached hydrogen (secondary N) is 1. The number of nitro groups is 1. The van der Waals surface area contributed by atoms with Crippen molar-refractivity contribution >= 4 is 17.3 Å². The van der Waals surface area contributed by atoms with Crippen LogP contribution in [-0.2, 0) is 0 Å². The first kappa shape index (κ1) is 14.3. The maximum Gasteiger partial charge on any atom is 0.335 e. The Balaban J connectivity index is 2.35. The van der Waals surface area contributed by atoms with E-state index in [0.29, 0.717) is 11.3 Å². The monoisotopic (exact) mass is 288 g/mol. The maximum atomic E-state index is 11.1. The molecule has 0 bridgehead atoms. The molecular weight excluding hydrogens is 276 g/mol. The largest absolute Gasteiger partial charge is 0.450 e. The summed E-state index contributed by atoms with van der Waals surface area (Å²) in [5.74, 6) is 5.04. The number of nitrogen functional groups attached to an aromatic ring is 1. The average molecular weight is 288 g/mol. The number of primary amides is 1. The molecule has 108 valence electrons. The number of hydrogen-bond donors (Lipinski definition) is 3. The first-order chi connectivity index (χ1) is 10.0. The number of carbonyl (C=O) groups is 1. The molecule has 21 heavy (non-hydrogen) atoms. The van der Waals surface area contributed by atoms with Gasteiger partial charge in [0.05, 0.1) is 4.92 Å². The SMILES string of the molecule is NNc1cccc(Oc2ccc(C(N)=O)cc2)c1[N+](=O)[O-]. The predicted octanol–water partition coefficient (Wildman–Crippen LogP) is 1.77. The summed E-state index contributed by atoms with van der Waals surface area (Å²) < 4.78 is 5.46. The van der Waals surface area contributed by atoms with Gasteiger partial charge in [-0.2, -0.15) is 0 Å². The third-order valence-electron chi connectivity index (χ3n) is 2.70. The Bertz CT molecular complexity index is 685. The number of hydrazine groups is 1. The van der Waals surface area contributed by atoms with Gasteiger partial charge in [0.1, 0.15) is 11.4 Å². The number of para-hydroxylation sites is 1. The molecule has 0 atom stereocenters. The summed E-state index contributed by atoms with van der Waals surface area (Å²) >= 11 is 0. The van der Waals surface area contributed by atoms with Crippen molar-refractivity contribution in [1.82, 2.24) is 0 Å². The topological polar surface area (TPSA) is 134 Å². The van der Waals surface area contributed by atoms with Crippen molar-refractivity contribution in [2.45, 2.75) is 0 Å². The van der Waals surface area contributed by atoms with Crippen LogP contribution < -0.4 is 21.7 Å². The second-order valence-electron chi connectivity index (χ2n) is 4.04. The van der Waals surface area contributed by atoms with Crippen LogP contribution >= 0.6 is 0 Å². The van der Waals surface area contributed by atoms with Crippen molar-refractivity contribution in [3.8, 4) is 11.5 Å². The lowest BCUT2D eigenvalue weighted by Gasteiger charge is -2.09. The number of rotatable bonds is 5. The number of carbonyl (C=O) groups excluding carboxylic acids is 1. The molecule has 0 saturated carbocycles. The van der Waals surface area contributed by atoms with E-state index in [4.69, 9.17) is 16.3 Å². The zero-order chi connectivity index (χ0) is 15.4. The van der Waals surface area contributed by atoms with Gasteiger partial charge in [0.15, 0.2) is 0 Å². The van der Waals surface area contributed by atoms with Gasteiger partial charge in [0, 0.05) is 5.56 Å². The molecule has 0 unspecified atom stereocenters. The summed E-state index contributed by atoms with van der Waals surface area (Å²) in [7, 11) is 0. The van der Waals surface area contributed by atoms with Crippen molar-refractivity contribution in [3.63, 3.8) is 0 Å². The van der Waals surface area contributed by atoms with E-state index in [1.807, 2.05) is 0 Å². The summed E-state index contributed by atoms with van der Waals surface area (Å²) in [6.07, 6.45) is 0. The zero-order valence-corrected chi connectivity index (χ0v) is 10.8. The van der Waals surface area contributed by atoms with Crippen molar-refractivity contribution in [1.29, 1.82) is 0 Å². The normalized spacial score (nSPS) is 9.95. The minimum atomic E-state index is -0.595. The van der Waals surface area contributed by atoms with Crippen LogP contribution in [0.25, 0.3) is 0 Å². The molecule has 0 aromatic heterocycles. The van der Waals surface area contributed by atoms with Crippen molar-refractivity contribution in [2.24, 2.45) is 11.6 Å². The van der Waals surface area contributed by atoms with Gasteiger partial charge in [-0.25, -0.2) is 0 Å². The molecule has 1 amide bonds. The van der Waals surface area contributed by atoms with Crippen LogP contribution in [0.15, 0.2) is 42.5 Å². The Morgan fingerprint density at radius 2 is 1.86 bits per heavy atom. The van der Waals surface area contributed by atoms with Crippen LogP contribution in [0.5, 0.6) is 11.5 Å². The van der Waals surface area contributed by atoms with Crippen molar-refractivity contribution in [2.75, 3.05) is 5.43 Å². The minimum Gasteiger partial charge on any atom is -0.450 e. The highest BCUT2D eigenvalue weighted by Gasteiger charge is 2.21. The molecule has 0 spiro atoms. The van der Waals surface area contributed by atoms with E-state index in [0.717, 1.165) is 0 Å². The number of benzene rings is 2. The molecule has 0 aliphatic rings. The van der Waals surface area contributed by atoms with Crippen molar-refractivity contribution in [3.05, 3.63) is 58.1 Å². The minimum absolute atomic E-state index is 0.0299. The Morgan fingerprint density at radius 3 is 2.38 bits per heavy atom. The lowest BCUT2D eigenvalue weighted by Crippen LogP contribution is -2.10. The summed E-state index contributed by atoms with van der Waals surface area (Å²) in [4.78, 5) is 21.5. The molecule has 0 fully saturated rings. The fourth-order valence-corrected chi connectivity index (χ4v) is 1.72. The average Bonchev–Trinajstić information content (AvgIpc) is 2.47. The Kier molecular flexibility index (Phi) is 4.00. The molecule has 0 aliphatic carbocycles. The molecule has 8 heteroatoms. The molecule has 2 rings (SSSR count). The van der Waals surface area contributed by atoms with E-state index in [9.17, 15) is 14.9 Å². The van der Waals surface area contributed by atoms with Crippen LogP contribution in [-0.4, -0.2) is 10.8 Å². The fraction of sp³-hybridized carbons (Fsp3) is 0. The van der Waals surface area contributed by atoms with E-state index >= 15 is 0 Å². The number of hydrogen-bond acceptors (Lipinski definition) is 6. The number of nitro benzene ring substituents is 1. The van der Waals surface area contributed by atoms with Gasteiger partial charge in [-0.3, -0.25) is 20.8 Å². The molecule has 0 radical (unpaired) electrons. The molecule has 2 aromatic rings. The van der Waals surface area contributed by atoms with Crippen molar-refractivity contribution < 1.29 is 14.5 Å². The fourth-order valence-electron chi connectivity index (χ4n) is 1.72. The van der Waals surface area contributed by atoms with Gasteiger partial charge in [0.25, 0.3) is 0 Å². The molecule has 0 heterocycles. The number of nitrogens with zero attached hydrogens (tertiary/aromatic N) is 1. The molecule has 8 nitrogen and oxygen atoms in total. The first-order valence-electron chi connectivity index (χ1n) is 5.84. The van der Waals surface area contributed by atoms with Crippen LogP contribution in [0.1, 0.15) is 10.4 Å². The predicted molar refractivity (Wildman–Crippen MR) is 75.9 cm³/mol. The van der Waals surface area contributed by atoms with Crippen LogP contribution in [0.4, 0.5) is 11.4 Å². The Labute approximate surface area is 119 Å². The van der Waals surface area contributed by atoms with E-state index < -0.39 is 10.8 Å². The van der Waals surface area contributed by atoms with E-state index in [1.54, 1.807) is 6.07 Å². The summed E-state index contributed by atoms with van der Waals surface area (Å²) in [5.41, 5.74) is 7.54. The number of amides is 1. The molecular formula is C13H12N4O4. The first-order valence-corrected chi connectivity index (χ1v) is 5.84. The third kappa shape index (κ3) is 3.07. The highest BCUT2D eigenvalue weighted by Crippen LogP contribution is 2.36. The van der Waals surface area contributed by atoms with Gasteiger partial charge in [0.2, 0.25) is 11.7 Å². The zero-order valence-electron chi connectivity index (χ0n) is 10.8. The quantitative estimate of drug-likeness (QED) is 0.436. The lowest BCUT2D eigenvalue weighted by molar-refractivity contribution is -0.384. The summed E-state index contributed by atoms with van der Waals surface area (Å²) in [6, 6.07) is 10.4. The third-order valence-corrected chi connectivity index (χ3v) is 2.70. The highest BCUT2D eigenvalue weighted by molar-refractivity contribution is 5.92. The van der Waals surface area contributed by atoms with Gasteiger partial charge in [-0.05, 0) is 36.4 Å². The van der Waals surface area contributed by atoms with Gasteiger partial charge >= 0.3 is 5.69 Å². The molecule has 2 aromatic carbocycles. The van der Waals surface area contributed by atoms with Gasteiger partial charge < -0.3 is 15.9 Å². The lowest BCUT2D eigenvalue weighted by atomic mass is 10.2. The molecule has 0 saturated heterocycles. The van der Waals surface area contributed by atoms with E-state index in [1.165, 1.54) is 36.4 Å². The van der Waals surface area contributed by atoms with Crippen LogP contribution in [0.3, 0.4) is 0 Å². The standard InChI is InChI=1S/C13H12N4O4/c14-13(18)8-4-6-9(7-5-8)21-11-3-1-2-10(16-15)12(11)17(19)20/h1-7,16H,15H2,(H2,14,18). The number of anilines is 1. The van der Waals surface area contributed by atoms with Gasteiger partial charge in [-0.1, -0.05) is 6.07 Å². The highest BCUT2D eigenvalue weighted by atomic mass is 16.6. The maximum absolute atomic E-state index is 11.1. The smallest absolute Gasteiger partial charge is 0.335 e. The molecule has 0 aliphatic heterocycles.